The van der Waals surface area contributed by atoms with Gasteiger partial charge in [0, 0.05) is 0 Å². The average Bonchev–Trinajstić information content (AvgIpc) is 2.43. The molecule has 0 aromatic rings. The van der Waals surface area contributed by atoms with E-state index in [-0.39, 0.29) is 5.97 Å². The molecular weight excluding hydrogens is 130 g/mol. The van der Waals surface area contributed by atoms with Crippen LogP contribution < -0.4 is 5.73 Å². The summed E-state index contributed by atoms with van der Waals surface area (Å²) in [7, 11) is 0. The Morgan fingerprint density at radius 2 is 2.40 bits per heavy atom. The summed E-state index contributed by atoms with van der Waals surface area (Å²) in [5.41, 5.74) is 5.00. The standard InChI is InChI=1S/C7H13NO2/c1-3-10-6(9)7(8)4-5(7)2/h5H,3-4,8H2,1-2H3. The maximum absolute atomic E-state index is 11.0. The molecule has 1 aliphatic carbocycles. The van der Waals surface area contributed by atoms with E-state index in [0.29, 0.717) is 12.5 Å². The summed E-state index contributed by atoms with van der Waals surface area (Å²) in [5.74, 6) is 0.0500. The second kappa shape index (κ2) is 2.23. The third-order valence-corrected chi connectivity index (χ3v) is 2.02. The molecule has 0 spiro atoms. The van der Waals surface area contributed by atoms with Crippen molar-refractivity contribution in [2.75, 3.05) is 6.61 Å². The summed E-state index contributed by atoms with van der Waals surface area (Å²) in [4.78, 5) is 11.0. The van der Waals surface area contributed by atoms with Crippen LogP contribution in [-0.4, -0.2) is 18.1 Å². The average molecular weight is 143 g/mol. The molecule has 10 heavy (non-hydrogen) atoms. The van der Waals surface area contributed by atoms with Crippen molar-refractivity contribution in [1.29, 1.82) is 0 Å². The van der Waals surface area contributed by atoms with Crippen LogP contribution in [0.3, 0.4) is 0 Å². The number of hydrogen-bond donors (Lipinski definition) is 1. The third-order valence-electron chi connectivity index (χ3n) is 2.02. The highest BCUT2D eigenvalue weighted by Crippen LogP contribution is 2.41. The summed E-state index contributed by atoms with van der Waals surface area (Å²) in [6, 6.07) is 0. The lowest BCUT2D eigenvalue weighted by atomic mass is 10.2. The second-order valence-electron chi connectivity index (χ2n) is 2.87. The van der Waals surface area contributed by atoms with Gasteiger partial charge in [0.15, 0.2) is 0 Å². The lowest BCUT2D eigenvalue weighted by Crippen LogP contribution is -2.36. The quantitative estimate of drug-likeness (QED) is 0.565. The van der Waals surface area contributed by atoms with Gasteiger partial charge in [-0.25, -0.2) is 0 Å². The van der Waals surface area contributed by atoms with E-state index in [9.17, 15) is 4.79 Å². The molecule has 1 rings (SSSR count). The number of ether oxygens (including phenoxy) is 1. The Balaban J connectivity index is 2.43. The zero-order valence-corrected chi connectivity index (χ0v) is 6.39. The van der Waals surface area contributed by atoms with Crippen molar-refractivity contribution in [2.24, 2.45) is 11.7 Å². The Hall–Kier alpha value is -0.570. The van der Waals surface area contributed by atoms with Crippen molar-refractivity contribution < 1.29 is 9.53 Å². The summed E-state index contributed by atoms with van der Waals surface area (Å²) < 4.78 is 4.78. The fourth-order valence-electron chi connectivity index (χ4n) is 0.998. The third kappa shape index (κ3) is 1.01. The first kappa shape index (κ1) is 7.54. The van der Waals surface area contributed by atoms with Gasteiger partial charge in [0.05, 0.1) is 6.61 Å². The number of nitrogens with two attached hydrogens (primary N) is 1. The molecule has 0 heterocycles. The highest BCUT2D eigenvalue weighted by molar-refractivity contribution is 5.84. The molecule has 0 saturated heterocycles. The normalized spacial score (nSPS) is 37.3. The largest absolute Gasteiger partial charge is 0.465 e. The van der Waals surface area contributed by atoms with Gasteiger partial charge in [-0.2, -0.15) is 0 Å². The lowest BCUT2D eigenvalue weighted by Gasteiger charge is -2.07. The van der Waals surface area contributed by atoms with E-state index in [1.165, 1.54) is 0 Å². The van der Waals surface area contributed by atoms with Gasteiger partial charge in [-0.3, -0.25) is 4.79 Å². The minimum Gasteiger partial charge on any atom is -0.465 e. The van der Waals surface area contributed by atoms with Crippen LogP contribution in [0.25, 0.3) is 0 Å². The number of hydrogen-bond acceptors (Lipinski definition) is 3. The molecule has 0 aromatic carbocycles. The van der Waals surface area contributed by atoms with Crippen molar-refractivity contribution in [2.45, 2.75) is 25.8 Å². The highest BCUT2D eigenvalue weighted by Gasteiger charge is 2.55. The Kier molecular flexibility index (Phi) is 1.68. The van der Waals surface area contributed by atoms with Crippen LogP contribution >= 0.6 is 0 Å². The maximum atomic E-state index is 11.0. The van der Waals surface area contributed by atoms with Crippen molar-refractivity contribution in [3.05, 3.63) is 0 Å². The van der Waals surface area contributed by atoms with E-state index in [4.69, 9.17) is 10.5 Å². The zero-order valence-electron chi connectivity index (χ0n) is 6.39. The number of carbonyl (C=O) groups excluding carboxylic acids is 1. The molecule has 0 aromatic heterocycles. The van der Waals surface area contributed by atoms with Gasteiger partial charge in [0.1, 0.15) is 5.54 Å². The van der Waals surface area contributed by atoms with Gasteiger partial charge in [-0.15, -0.1) is 0 Å². The van der Waals surface area contributed by atoms with Crippen LogP contribution in [0.5, 0.6) is 0 Å². The molecule has 1 fully saturated rings. The fourth-order valence-corrected chi connectivity index (χ4v) is 0.998. The zero-order chi connectivity index (χ0) is 7.78. The van der Waals surface area contributed by atoms with Crippen LogP contribution in [0.1, 0.15) is 20.3 Å². The SMILES string of the molecule is CCOC(=O)C1(N)CC1C. The van der Waals surface area contributed by atoms with Gasteiger partial charge in [-0.05, 0) is 19.3 Å². The van der Waals surface area contributed by atoms with Crippen LogP contribution in [0.2, 0.25) is 0 Å². The molecule has 3 nitrogen and oxygen atoms in total. The summed E-state index contributed by atoms with van der Waals surface area (Å²) in [6.07, 6.45) is 0.770. The summed E-state index contributed by atoms with van der Waals surface area (Å²) >= 11 is 0. The highest BCUT2D eigenvalue weighted by atomic mass is 16.5. The van der Waals surface area contributed by atoms with Crippen molar-refractivity contribution in [3.63, 3.8) is 0 Å². The van der Waals surface area contributed by atoms with E-state index in [1.807, 2.05) is 6.92 Å². The number of rotatable bonds is 2. The maximum Gasteiger partial charge on any atom is 0.326 e. The van der Waals surface area contributed by atoms with Crippen molar-refractivity contribution >= 4 is 5.97 Å². The van der Waals surface area contributed by atoms with Gasteiger partial charge < -0.3 is 10.5 Å². The van der Waals surface area contributed by atoms with Gasteiger partial charge in [0.25, 0.3) is 0 Å². The molecular formula is C7H13NO2. The topological polar surface area (TPSA) is 52.3 Å². The van der Waals surface area contributed by atoms with Crippen LogP contribution in [0.15, 0.2) is 0 Å². The van der Waals surface area contributed by atoms with Gasteiger partial charge in [-0.1, -0.05) is 6.92 Å². The summed E-state index contributed by atoms with van der Waals surface area (Å²) in [6.45, 7) is 4.16. The van der Waals surface area contributed by atoms with Crippen LogP contribution in [0.4, 0.5) is 0 Å². The Bertz CT molecular complexity index is 158. The van der Waals surface area contributed by atoms with Gasteiger partial charge in [0.2, 0.25) is 0 Å². The van der Waals surface area contributed by atoms with E-state index in [0.717, 1.165) is 6.42 Å². The Morgan fingerprint density at radius 3 is 2.70 bits per heavy atom. The van der Waals surface area contributed by atoms with Gasteiger partial charge >= 0.3 is 5.97 Å². The first-order chi connectivity index (χ1) is 4.61. The molecule has 1 saturated carbocycles. The van der Waals surface area contributed by atoms with E-state index >= 15 is 0 Å². The predicted octanol–water partition coefficient (Wildman–Crippen LogP) is 0.287. The van der Waals surface area contributed by atoms with Crippen molar-refractivity contribution in [1.82, 2.24) is 0 Å². The fraction of sp³-hybridized carbons (Fsp3) is 0.857. The smallest absolute Gasteiger partial charge is 0.326 e. The van der Waals surface area contributed by atoms with E-state index < -0.39 is 5.54 Å². The molecule has 2 unspecified atom stereocenters. The molecule has 0 aliphatic heterocycles. The van der Waals surface area contributed by atoms with Crippen LogP contribution in [0, 0.1) is 5.92 Å². The number of carbonyl (C=O) groups is 1. The minimum absolute atomic E-state index is 0.248. The first-order valence-electron chi connectivity index (χ1n) is 3.57. The molecule has 2 N–H and O–H groups in total. The van der Waals surface area contributed by atoms with E-state index in [2.05, 4.69) is 0 Å². The molecule has 3 heteroatoms. The van der Waals surface area contributed by atoms with Crippen LogP contribution in [-0.2, 0) is 9.53 Å². The molecule has 2 atom stereocenters. The first-order valence-corrected chi connectivity index (χ1v) is 3.57. The minimum atomic E-state index is -0.643. The number of esters is 1. The summed E-state index contributed by atoms with van der Waals surface area (Å²) in [5, 5.41) is 0. The molecule has 0 bridgehead atoms. The molecule has 0 amide bonds. The van der Waals surface area contributed by atoms with Crippen molar-refractivity contribution in [3.8, 4) is 0 Å². The molecule has 58 valence electrons. The monoisotopic (exact) mass is 143 g/mol. The Morgan fingerprint density at radius 1 is 1.90 bits per heavy atom. The lowest BCUT2D eigenvalue weighted by molar-refractivity contribution is -0.146. The Labute approximate surface area is 60.5 Å². The second-order valence-corrected chi connectivity index (χ2v) is 2.87. The molecule has 0 radical (unpaired) electrons. The van der Waals surface area contributed by atoms with E-state index in [1.54, 1.807) is 6.92 Å². The predicted molar refractivity (Wildman–Crippen MR) is 37.3 cm³/mol. The molecule has 1 aliphatic rings.